The molecule has 0 aromatic heterocycles. The maximum absolute atomic E-state index is 13.9. The lowest BCUT2D eigenvalue weighted by molar-refractivity contribution is -0.398. The van der Waals surface area contributed by atoms with Gasteiger partial charge in [-0.05, 0) is 117 Å². The molecular weight excluding hydrogens is 1130 g/mol. The molecule has 24 heteroatoms. The molecule has 0 aromatic carbocycles. The number of carbonyl (C=O) groups is 2. The minimum Gasteiger partial charge on any atom is -0.481 e. The van der Waals surface area contributed by atoms with Crippen LogP contribution in [0.15, 0.2) is 36.0 Å². The molecule has 4 saturated heterocycles. The van der Waals surface area contributed by atoms with E-state index in [9.17, 15) is 76.0 Å². The molecule has 490 valence electrons. The number of allylic oxidation sites excluding steroid dienone is 3. The van der Waals surface area contributed by atoms with Gasteiger partial charge in [0.2, 0.25) is 0 Å². The van der Waals surface area contributed by atoms with E-state index in [4.69, 9.17) is 42.6 Å². The zero-order valence-electron chi connectivity index (χ0n) is 51.1. The molecule has 0 spiro atoms. The van der Waals surface area contributed by atoms with Crippen LogP contribution in [0.25, 0.3) is 0 Å². The van der Waals surface area contributed by atoms with E-state index < -0.39 is 188 Å². The van der Waals surface area contributed by atoms with Crippen LogP contribution in [0, 0.1) is 50.2 Å². The van der Waals surface area contributed by atoms with Crippen LogP contribution in [0.1, 0.15) is 133 Å². The SMILES string of the molecule is C=CC(C)(O)CC/C=C(\C)C(=O)OC1CC2(C(=O)O)CCC3(C)C(=CCC4C5(C)CCC(OC6OC(COC7OCC(O)C(O)C7O)C(O)C(OC7OCC(O)C(O)C7O)C6OC6OC(CO)C(O)C(O)C6O)C(C)(C)C5CCC43C)C2CC1(C)C. The number of ether oxygens (including phenoxy) is 9. The average Bonchev–Trinajstić information content (AvgIpc) is 0.773. The van der Waals surface area contributed by atoms with Crippen molar-refractivity contribution in [1.29, 1.82) is 0 Å². The van der Waals surface area contributed by atoms with Crippen molar-refractivity contribution in [3.8, 4) is 0 Å². The Hall–Kier alpha value is -2.64. The number of fused-ring (bicyclic) bond motifs is 7. The number of hydrogen-bond acceptors (Lipinski definition) is 23. The second-order valence-electron chi connectivity index (χ2n) is 28.8. The minimum absolute atomic E-state index is 0.000580. The van der Waals surface area contributed by atoms with E-state index in [2.05, 4.69) is 61.1 Å². The summed E-state index contributed by atoms with van der Waals surface area (Å²) in [6, 6.07) is 0. The summed E-state index contributed by atoms with van der Waals surface area (Å²) >= 11 is 0. The molecule has 9 aliphatic rings. The number of carboxylic acids is 1. The van der Waals surface area contributed by atoms with Crippen molar-refractivity contribution >= 4 is 11.9 Å². The van der Waals surface area contributed by atoms with Gasteiger partial charge in [-0.25, -0.2) is 4.79 Å². The van der Waals surface area contributed by atoms with Crippen LogP contribution in [0.4, 0.5) is 0 Å². The van der Waals surface area contributed by atoms with Gasteiger partial charge in [0.05, 0.1) is 43.5 Å². The van der Waals surface area contributed by atoms with Crippen molar-refractivity contribution in [2.75, 3.05) is 26.4 Å². The van der Waals surface area contributed by atoms with Crippen LogP contribution in [-0.2, 0) is 52.2 Å². The largest absolute Gasteiger partial charge is 0.481 e. The molecule has 28 atom stereocenters. The van der Waals surface area contributed by atoms with Crippen LogP contribution in [0.3, 0.4) is 0 Å². The van der Waals surface area contributed by atoms with Crippen molar-refractivity contribution in [3.63, 3.8) is 0 Å². The van der Waals surface area contributed by atoms with Crippen molar-refractivity contribution in [2.24, 2.45) is 50.2 Å². The topological polar surface area (TPSA) is 380 Å². The third kappa shape index (κ3) is 12.0. The summed E-state index contributed by atoms with van der Waals surface area (Å²) in [5.74, 6) is -1.59. The highest BCUT2D eigenvalue weighted by Gasteiger charge is 2.71. The summed E-state index contributed by atoms with van der Waals surface area (Å²) in [4.78, 5) is 27.6. The summed E-state index contributed by atoms with van der Waals surface area (Å²) < 4.78 is 55.6. The quantitative estimate of drug-likeness (QED) is 0.0418. The summed E-state index contributed by atoms with van der Waals surface area (Å²) in [6.45, 7) is 20.1. The predicted octanol–water partition coefficient (Wildman–Crippen LogP) is 0.994. The average molecular weight is 1230 g/mol. The fourth-order valence-corrected chi connectivity index (χ4v) is 17.1. The molecule has 0 bridgehead atoms. The van der Waals surface area contributed by atoms with E-state index >= 15 is 0 Å². The van der Waals surface area contributed by atoms with Gasteiger partial charge in [0.15, 0.2) is 25.2 Å². The van der Waals surface area contributed by atoms with Gasteiger partial charge >= 0.3 is 11.9 Å². The Kier molecular flexibility index (Phi) is 19.8. The normalized spacial score (nSPS) is 49.1. The van der Waals surface area contributed by atoms with Crippen molar-refractivity contribution in [3.05, 3.63) is 36.0 Å². The fourth-order valence-electron chi connectivity index (χ4n) is 17.1. The van der Waals surface area contributed by atoms with Crippen molar-refractivity contribution < 1.29 is 119 Å². The number of carbonyl (C=O) groups excluding carboxylic acids is 1. The van der Waals surface area contributed by atoms with E-state index in [1.54, 1.807) is 19.9 Å². The Morgan fingerprint density at radius 1 is 0.698 bits per heavy atom. The maximum Gasteiger partial charge on any atom is 0.333 e. The number of aliphatic carboxylic acids is 1. The molecule has 0 amide bonds. The molecule has 4 heterocycles. The van der Waals surface area contributed by atoms with Crippen LogP contribution in [0.5, 0.6) is 0 Å². The summed E-state index contributed by atoms with van der Waals surface area (Å²) in [5, 5.41) is 141. The molecule has 4 aliphatic heterocycles. The minimum atomic E-state index is -1.96. The van der Waals surface area contributed by atoms with Crippen LogP contribution in [0.2, 0.25) is 0 Å². The first-order chi connectivity index (χ1) is 40.1. The van der Waals surface area contributed by atoms with E-state index in [1.165, 1.54) is 11.6 Å². The third-order valence-corrected chi connectivity index (χ3v) is 22.9. The molecular formula is C62H98O24. The van der Waals surface area contributed by atoms with E-state index in [0.717, 1.165) is 12.8 Å². The zero-order valence-corrected chi connectivity index (χ0v) is 51.1. The molecule has 8 fully saturated rings. The molecule has 86 heavy (non-hydrogen) atoms. The van der Waals surface area contributed by atoms with Crippen LogP contribution in [-0.4, -0.2) is 233 Å². The number of hydrogen-bond donors (Lipinski definition) is 13. The highest BCUT2D eigenvalue weighted by molar-refractivity contribution is 5.88. The Balaban J connectivity index is 0.996. The first-order valence-corrected chi connectivity index (χ1v) is 30.8. The smallest absolute Gasteiger partial charge is 0.333 e. The van der Waals surface area contributed by atoms with Crippen LogP contribution < -0.4 is 0 Å². The van der Waals surface area contributed by atoms with Gasteiger partial charge in [-0.3, -0.25) is 4.79 Å². The molecule has 13 N–H and O–H groups in total. The molecule has 4 saturated carbocycles. The second kappa shape index (κ2) is 25.1. The van der Waals surface area contributed by atoms with Gasteiger partial charge in [0, 0.05) is 17.4 Å². The molecule has 24 nitrogen and oxygen atoms in total. The highest BCUT2D eigenvalue weighted by atomic mass is 16.8. The lowest BCUT2D eigenvalue weighted by Crippen LogP contribution is -2.68. The maximum atomic E-state index is 13.9. The van der Waals surface area contributed by atoms with Gasteiger partial charge in [0.25, 0.3) is 0 Å². The lowest BCUT2D eigenvalue weighted by atomic mass is 9.33. The number of carboxylic acid groups (broad SMARTS) is 1. The Bertz CT molecular complexity index is 2490. The molecule has 5 aliphatic carbocycles. The first kappa shape index (κ1) is 67.7. The van der Waals surface area contributed by atoms with Gasteiger partial charge < -0.3 is 109 Å². The first-order valence-electron chi connectivity index (χ1n) is 30.8. The Labute approximate surface area is 503 Å². The molecule has 0 aromatic rings. The van der Waals surface area contributed by atoms with Gasteiger partial charge in [-0.15, -0.1) is 6.58 Å². The van der Waals surface area contributed by atoms with E-state index in [1.807, 2.05) is 0 Å². The highest BCUT2D eigenvalue weighted by Crippen LogP contribution is 2.76. The van der Waals surface area contributed by atoms with E-state index in [-0.39, 0.29) is 35.0 Å². The Morgan fingerprint density at radius 3 is 1.95 bits per heavy atom. The summed E-state index contributed by atoms with van der Waals surface area (Å²) in [5.41, 5.74) is -2.94. The number of aliphatic hydroxyl groups excluding tert-OH is 11. The number of esters is 1. The third-order valence-electron chi connectivity index (χ3n) is 22.9. The van der Waals surface area contributed by atoms with Crippen molar-refractivity contribution in [2.45, 2.75) is 261 Å². The number of aliphatic hydroxyl groups is 12. The summed E-state index contributed by atoms with van der Waals surface area (Å²) in [6.07, 6.45) is -20.5. The Morgan fingerprint density at radius 2 is 1.31 bits per heavy atom. The van der Waals surface area contributed by atoms with E-state index in [0.29, 0.717) is 56.9 Å². The monoisotopic (exact) mass is 1230 g/mol. The van der Waals surface area contributed by atoms with Crippen molar-refractivity contribution in [1.82, 2.24) is 0 Å². The van der Waals surface area contributed by atoms with Gasteiger partial charge in [-0.2, -0.15) is 0 Å². The summed E-state index contributed by atoms with van der Waals surface area (Å²) in [7, 11) is 0. The molecule has 28 unspecified atom stereocenters. The molecule has 9 rings (SSSR count). The standard InChI is InChI=1S/C62H98O24/c1-11-58(7,77)18-12-13-29(2)50(74)83-39-24-62(55(75)76)22-21-60(9)30(31(62)23-56(39,3)4)14-15-37-59(8)19-17-38(57(5,6)36(59)16-20-61(37,60)10)84-54-49(86-53-47(73)44(70)42(68)34(25-63)81-53)48(85-52-46(72)41(67)33(65)27-79-52)43(69)35(82-54)28-80-51-45(71)40(66)32(64)26-78-51/h11,13-14,31-49,51-54,63-73,77H,1,12,15-28H2,2-10H3,(H,75,76)/b29-13+. The zero-order chi connectivity index (χ0) is 63.2. The fraction of sp³-hybridized carbons (Fsp3) is 0.871. The lowest BCUT2D eigenvalue weighted by Gasteiger charge is -2.71. The predicted molar refractivity (Wildman–Crippen MR) is 300 cm³/mol. The van der Waals surface area contributed by atoms with Crippen LogP contribution >= 0.6 is 0 Å². The van der Waals surface area contributed by atoms with Gasteiger partial charge in [-0.1, -0.05) is 72.3 Å². The second-order valence-corrected chi connectivity index (χ2v) is 28.8. The number of rotatable bonds is 17. The van der Waals surface area contributed by atoms with Gasteiger partial charge in [0.1, 0.15) is 91.6 Å². The molecule has 0 radical (unpaired) electrons.